The Morgan fingerprint density at radius 1 is 1.25 bits per heavy atom. The summed E-state index contributed by atoms with van der Waals surface area (Å²) in [5.41, 5.74) is 1.31. The Kier molecular flexibility index (Phi) is 4.95. The van der Waals surface area contributed by atoms with E-state index in [4.69, 9.17) is 16.3 Å². The number of piperazine rings is 1. The fourth-order valence-electron chi connectivity index (χ4n) is 3.07. The molecule has 112 valence electrons. The summed E-state index contributed by atoms with van der Waals surface area (Å²) in [6.07, 6.45) is 0. The molecule has 1 atom stereocenters. The van der Waals surface area contributed by atoms with Gasteiger partial charge in [0.05, 0.1) is 7.11 Å². The maximum Gasteiger partial charge on any atom is 0.123 e. The van der Waals surface area contributed by atoms with Crippen molar-refractivity contribution in [3.05, 3.63) is 28.8 Å². The maximum absolute atomic E-state index is 6.22. The van der Waals surface area contributed by atoms with Gasteiger partial charge < -0.3 is 10.1 Å². The van der Waals surface area contributed by atoms with Crippen LogP contribution in [0.1, 0.15) is 32.4 Å². The summed E-state index contributed by atoms with van der Waals surface area (Å²) in [4.78, 5) is 2.53. The Bertz CT molecular complexity index is 450. The van der Waals surface area contributed by atoms with Crippen LogP contribution in [0.5, 0.6) is 5.75 Å². The fourth-order valence-corrected chi connectivity index (χ4v) is 3.25. The van der Waals surface area contributed by atoms with Gasteiger partial charge in [-0.3, -0.25) is 4.90 Å². The zero-order valence-corrected chi connectivity index (χ0v) is 13.6. The Hall–Kier alpha value is -0.770. The minimum atomic E-state index is 0.120. The smallest absolute Gasteiger partial charge is 0.123 e. The van der Waals surface area contributed by atoms with Crippen LogP contribution in [-0.4, -0.2) is 38.2 Å². The van der Waals surface area contributed by atoms with Gasteiger partial charge in [0.1, 0.15) is 5.75 Å². The van der Waals surface area contributed by atoms with Gasteiger partial charge in [0.25, 0.3) is 0 Å². The Balaban J connectivity index is 2.43. The van der Waals surface area contributed by atoms with Gasteiger partial charge in [0, 0.05) is 42.8 Å². The number of nitrogens with zero attached hydrogens (tertiary/aromatic N) is 1. The van der Waals surface area contributed by atoms with Crippen LogP contribution in [0.25, 0.3) is 0 Å². The van der Waals surface area contributed by atoms with E-state index in [1.807, 2.05) is 12.1 Å². The van der Waals surface area contributed by atoms with E-state index >= 15 is 0 Å². The average Bonchev–Trinajstić information content (AvgIpc) is 2.39. The first-order valence-electron chi connectivity index (χ1n) is 7.21. The normalized spacial score (nSPS) is 18.9. The van der Waals surface area contributed by atoms with E-state index in [0.29, 0.717) is 6.04 Å². The van der Waals surface area contributed by atoms with E-state index in [2.05, 4.69) is 37.1 Å². The molecule has 1 aromatic rings. The van der Waals surface area contributed by atoms with Crippen molar-refractivity contribution >= 4 is 11.6 Å². The van der Waals surface area contributed by atoms with E-state index in [-0.39, 0.29) is 5.41 Å². The van der Waals surface area contributed by atoms with Crippen LogP contribution in [0.2, 0.25) is 5.02 Å². The molecule has 1 aliphatic heterocycles. The van der Waals surface area contributed by atoms with Crippen LogP contribution in [-0.2, 0) is 0 Å². The molecule has 0 unspecified atom stereocenters. The van der Waals surface area contributed by atoms with Gasteiger partial charge in [-0.25, -0.2) is 0 Å². The third-order valence-corrected chi connectivity index (χ3v) is 4.06. The van der Waals surface area contributed by atoms with Gasteiger partial charge in [-0.15, -0.1) is 0 Å². The summed E-state index contributed by atoms with van der Waals surface area (Å²) in [7, 11) is 1.73. The van der Waals surface area contributed by atoms with E-state index in [9.17, 15) is 0 Å². The molecule has 1 saturated heterocycles. The summed E-state index contributed by atoms with van der Waals surface area (Å²) in [5, 5.41) is 4.18. The third-order valence-electron chi connectivity index (χ3n) is 3.82. The molecule has 4 heteroatoms. The lowest BCUT2D eigenvalue weighted by atomic mass is 9.80. The molecular weight excluding hydrogens is 272 g/mol. The summed E-state index contributed by atoms with van der Waals surface area (Å²) < 4.78 is 5.57. The highest BCUT2D eigenvalue weighted by atomic mass is 35.5. The van der Waals surface area contributed by atoms with Crippen molar-refractivity contribution in [1.29, 1.82) is 0 Å². The molecule has 0 aliphatic carbocycles. The summed E-state index contributed by atoms with van der Waals surface area (Å²) in [5.74, 6) is 0.924. The molecule has 3 nitrogen and oxygen atoms in total. The monoisotopic (exact) mass is 296 g/mol. The van der Waals surface area contributed by atoms with Crippen LogP contribution in [0.3, 0.4) is 0 Å². The summed E-state index contributed by atoms with van der Waals surface area (Å²) in [6.45, 7) is 11.0. The minimum absolute atomic E-state index is 0.120. The molecule has 1 N–H and O–H groups in total. The van der Waals surface area contributed by atoms with Crippen LogP contribution < -0.4 is 10.1 Å². The second-order valence-corrected chi connectivity index (χ2v) is 6.88. The highest BCUT2D eigenvalue weighted by molar-refractivity contribution is 6.30. The number of halogens is 1. The van der Waals surface area contributed by atoms with E-state index in [1.54, 1.807) is 7.11 Å². The molecule has 1 aromatic carbocycles. The van der Waals surface area contributed by atoms with Gasteiger partial charge in [0.15, 0.2) is 0 Å². The van der Waals surface area contributed by atoms with Crippen LogP contribution >= 0.6 is 11.6 Å². The van der Waals surface area contributed by atoms with Crippen molar-refractivity contribution in [3.8, 4) is 5.75 Å². The van der Waals surface area contributed by atoms with Crippen LogP contribution in [0, 0.1) is 5.41 Å². The standard InChI is InChI=1S/C16H25ClN2O/c1-16(2,3)15(19-9-7-18-8-10-19)13-11-12(17)5-6-14(13)20-4/h5-6,11,15,18H,7-10H2,1-4H3/t15-/m0/s1. The van der Waals surface area contributed by atoms with Crippen molar-refractivity contribution in [2.45, 2.75) is 26.8 Å². The number of hydrogen-bond donors (Lipinski definition) is 1. The first kappa shape index (κ1) is 15.6. The van der Waals surface area contributed by atoms with Gasteiger partial charge >= 0.3 is 0 Å². The average molecular weight is 297 g/mol. The molecule has 20 heavy (non-hydrogen) atoms. The van der Waals surface area contributed by atoms with Crippen LogP contribution in [0.4, 0.5) is 0 Å². The van der Waals surface area contributed by atoms with Crippen molar-refractivity contribution in [2.75, 3.05) is 33.3 Å². The lowest BCUT2D eigenvalue weighted by Gasteiger charge is -2.43. The first-order valence-corrected chi connectivity index (χ1v) is 7.59. The maximum atomic E-state index is 6.22. The molecule has 1 aliphatic rings. The molecule has 0 saturated carbocycles. The number of benzene rings is 1. The summed E-state index contributed by atoms with van der Waals surface area (Å²) >= 11 is 6.22. The molecule has 0 radical (unpaired) electrons. The lowest BCUT2D eigenvalue weighted by molar-refractivity contribution is 0.0842. The molecule has 0 amide bonds. The molecular formula is C16H25ClN2O. The number of ether oxygens (including phenoxy) is 1. The zero-order chi connectivity index (χ0) is 14.8. The fraction of sp³-hybridized carbons (Fsp3) is 0.625. The topological polar surface area (TPSA) is 24.5 Å². The molecule has 0 spiro atoms. The second-order valence-electron chi connectivity index (χ2n) is 6.44. The first-order chi connectivity index (χ1) is 9.43. The van der Waals surface area contributed by atoms with Crippen molar-refractivity contribution in [1.82, 2.24) is 10.2 Å². The molecule has 1 fully saturated rings. The lowest BCUT2D eigenvalue weighted by Crippen LogP contribution is -2.48. The van der Waals surface area contributed by atoms with Crippen molar-refractivity contribution < 1.29 is 4.74 Å². The minimum Gasteiger partial charge on any atom is -0.496 e. The van der Waals surface area contributed by atoms with Gasteiger partial charge in [-0.05, 0) is 23.6 Å². The quantitative estimate of drug-likeness (QED) is 0.926. The van der Waals surface area contributed by atoms with Gasteiger partial charge in [-0.1, -0.05) is 32.4 Å². The van der Waals surface area contributed by atoms with Gasteiger partial charge in [-0.2, -0.15) is 0 Å². The Morgan fingerprint density at radius 3 is 2.45 bits per heavy atom. The number of methoxy groups -OCH3 is 1. The summed E-state index contributed by atoms with van der Waals surface area (Å²) in [6, 6.07) is 6.22. The molecule has 1 heterocycles. The predicted molar refractivity (Wildman–Crippen MR) is 84.6 cm³/mol. The zero-order valence-electron chi connectivity index (χ0n) is 12.9. The SMILES string of the molecule is COc1ccc(Cl)cc1[C@H](N1CCNCC1)C(C)(C)C. The predicted octanol–water partition coefficient (Wildman–Crippen LogP) is 3.34. The Labute approximate surface area is 127 Å². The van der Waals surface area contributed by atoms with Crippen molar-refractivity contribution in [2.24, 2.45) is 5.41 Å². The second kappa shape index (κ2) is 6.33. The number of nitrogens with one attached hydrogen (secondary N) is 1. The third kappa shape index (κ3) is 3.46. The number of hydrogen-bond acceptors (Lipinski definition) is 3. The highest BCUT2D eigenvalue weighted by Gasteiger charge is 2.34. The van der Waals surface area contributed by atoms with Crippen molar-refractivity contribution in [3.63, 3.8) is 0 Å². The molecule has 0 bridgehead atoms. The van der Waals surface area contributed by atoms with E-state index in [0.717, 1.165) is 37.0 Å². The molecule has 2 rings (SSSR count). The number of rotatable bonds is 3. The molecule has 0 aromatic heterocycles. The Morgan fingerprint density at radius 2 is 1.90 bits per heavy atom. The van der Waals surface area contributed by atoms with E-state index in [1.165, 1.54) is 5.56 Å². The van der Waals surface area contributed by atoms with E-state index < -0.39 is 0 Å². The highest BCUT2D eigenvalue weighted by Crippen LogP contribution is 2.42. The van der Waals surface area contributed by atoms with Crippen LogP contribution in [0.15, 0.2) is 18.2 Å². The van der Waals surface area contributed by atoms with Gasteiger partial charge in [0.2, 0.25) is 0 Å². The largest absolute Gasteiger partial charge is 0.496 e.